The van der Waals surface area contributed by atoms with Gasteiger partial charge in [0.05, 0.1) is 12.6 Å². The molecule has 2 rings (SSSR count). The lowest BCUT2D eigenvalue weighted by Gasteiger charge is -2.23. The molecule has 0 aliphatic heterocycles. The Morgan fingerprint density at radius 1 is 1.00 bits per heavy atom. The van der Waals surface area contributed by atoms with E-state index >= 15 is 0 Å². The van der Waals surface area contributed by atoms with Crippen molar-refractivity contribution < 1.29 is 9.53 Å². The van der Waals surface area contributed by atoms with Crippen LogP contribution in [-0.4, -0.2) is 13.0 Å². The molecule has 0 saturated heterocycles. The smallest absolute Gasteiger partial charge is 0.251 e. The van der Waals surface area contributed by atoms with Gasteiger partial charge in [0.1, 0.15) is 0 Å². The fourth-order valence-electron chi connectivity index (χ4n) is 2.96. The van der Waals surface area contributed by atoms with Crippen LogP contribution in [0.5, 0.6) is 0 Å². The Morgan fingerprint density at radius 3 is 2.12 bits per heavy atom. The molecule has 0 saturated carbocycles. The van der Waals surface area contributed by atoms with Crippen molar-refractivity contribution in [2.45, 2.75) is 46.3 Å². The van der Waals surface area contributed by atoms with Gasteiger partial charge in [-0.25, -0.2) is 0 Å². The first-order chi connectivity index (χ1) is 12.0. The van der Waals surface area contributed by atoms with Crippen LogP contribution in [0.4, 0.5) is 0 Å². The van der Waals surface area contributed by atoms with Crippen LogP contribution in [0.3, 0.4) is 0 Å². The Hall–Kier alpha value is -2.13. The lowest BCUT2D eigenvalue weighted by Crippen LogP contribution is -2.31. The van der Waals surface area contributed by atoms with Crippen molar-refractivity contribution >= 4 is 5.91 Å². The van der Waals surface area contributed by atoms with Crippen molar-refractivity contribution in [2.24, 2.45) is 5.92 Å². The van der Waals surface area contributed by atoms with Crippen molar-refractivity contribution in [3.8, 4) is 0 Å². The van der Waals surface area contributed by atoms with Gasteiger partial charge in [-0.1, -0.05) is 63.6 Å². The Balaban J connectivity index is 2.11. The van der Waals surface area contributed by atoms with E-state index in [0.717, 1.165) is 24.0 Å². The first-order valence-corrected chi connectivity index (χ1v) is 9.02. The minimum Gasteiger partial charge on any atom is -0.380 e. The van der Waals surface area contributed by atoms with Gasteiger partial charge in [0, 0.05) is 12.7 Å². The maximum Gasteiger partial charge on any atom is 0.251 e. The van der Waals surface area contributed by atoms with Crippen LogP contribution in [-0.2, 0) is 17.8 Å². The second-order valence-corrected chi connectivity index (χ2v) is 6.82. The van der Waals surface area contributed by atoms with Crippen LogP contribution in [0, 0.1) is 5.92 Å². The van der Waals surface area contributed by atoms with Gasteiger partial charge in [-0.2, -0.15) is 0 Å². The highest BCUT2D eigenvalue weighted by atomic mass is 16.5. The number of amides is 1. The number of hydrogen-bond donors (Lipinski definition) is 1. The Bertz CT molecular complexity index is 659. The van der Waals surface area contributed by atoms with Crippen LogP contribution in [0.2, 0.25) is 0 Å². The summed E-state index contributed by atoms with van der Waals surface area (Å²) in [6.07, 6.45) is 2.23. The first-order valence-electron chi connectivity index (χ1n) is 9.02. The Morgan fingerprint density at radius 2 is 1.60 bits per heavy atom. The van der Waals surface area contributed by atoms with E-state index in [1.807, 2.05) is 24.3 Å². The van der Waals surface area contributed by atoms with E-state index in [1.165, 1.54) is 5.56 Å². The molecule has 0 fully saturated rings. The van der Waals surface area contributed by atoms with Gasteiger partial charge < -0.3 is 10.1 Å². The molecule has 0 heterocycles. The molecule has 2 aromatic rings. The van der Waals surface area contributed by atoms with Crippen molar-refractivity contribution in [1.29, 1.82) is 0 Å². The third-order valence-electron chi connectivity index (χ3n) is 4.36. The zero-order valence-corrected chi connectivity index (χ0v) is 15.7. The lowest BCUT2D eigenvalue weighted by atomic mass is 9.94. The maximum absolute atomic E-state index is 12.6. The summed E-state index contributed by atoms with van der Waals surface area (Å²) in [4.78, 5) is 12.6. The van der Waals surface area contributed by atoms with Gasteiger partial charge in [0.25, 0.3) is 5.91 Å². The minimum absolute atomic E-state index is 0.00169. The third-order valence-corrected chi connectivity index (χ3v) is 4.36. The van der Waals surface area contributed by atoms with E-state index in [2.05, 4.69) is 50.4 Å². The molecule has 134 valence electrons. The van der Waals surface area contributed by atoms with Gasteiger partial charge in [-0.05, 0) is 41.2 Å². The number of nitrogens with one attached hydrogen (secondary N) is 1. The van der Waals surface area contributed by atoms with Crippen LogP contribution >= 0.6 is 0 Å². The molecule has 0 aromatic heterocycles. The normalized spacial score (nSPS) is 12.2. The van der Waals surface area contributed by atoms with Crippen molar-refractivity contribution in [3.63, 3.8) is 0 Å². The van der Waals surface area contributed by atoms with Crippen molar-refractivity contribution in [2.75, 3.05) is 7.11 Å². The average molecular weight is 339 g/mol. The van der Waals surface area contributed by atoms with E-state index < -0.39 is 0 Å². The van der Waals surface area contributed by atoms with Crippen molar-refractivity contribution in [1.82, 2.24) is 5.32 Å². The molecule has 0 aliphatic carbocycles. The fourth-order valence-corrected chi connectivity index (χ4v) is 2.96. The van der Waals surface area contributed by atoms with Gasteiger partial charge in [-0.15, -0.1) is 0 Å². The molecule has 2 aromatic carbocycles. The molecular formula is C22H29NO2. The topological polar surface area (TPSA) is 38.3 Å². The molecule has 0 radical (unpaired) electrons. The summed E-state index contributed by atoms with van der Waals surface area (Å²) in [7, 11) is 1.67. The summed E-state index contributed by atoms with van der Waals surface area (Å²) < 4.78 is 5.11. The number of carbonyl (C=O) groups excluding carboxylic acids is 1. The first kappa shape index (κ1) is 19.2. The second kappa shape index (κ2) is 9.38. The largest absolute Gasteiger partial charge is 0.380 e. The zero-order valence-electron chi connectivity index (χ0n) is 15.7. The predicted octanol–water partition coefficient (Wildman–Crippen LogP) is 4.91. The number of carbonyl (C=O) groups is 1. The number of hydrogen-bond acceptors (Lipinski definition) is 2. The van der Waals surface area contributed by atoms with Gasteiger partial charge in [0.2, 0.25) is 0 Å². The Kier molecular flexibility index (Phi) is 7.20. The molecule has 0 spiro atoms. The minimum atomic E-state index is -0.0414. The van der Waals surface area contributed by atoms with E-state index in [0.29, 0.717) is 18.1 Å². The summed E-state index contributed by atoms with van der Waals surface area (Å²) in [5, 5.41) is 3.18. The standard InChI is InChI=1S/C22H29NO2/c1-5-6-17-7-11-19(12-8-17)21(16(2)3)23-22(24)20-13-9-18(10-14-20)15-25-4/h7-14,16,21H,5-6,15H2,1-4H3,(H,23,24). The molecule has 3 nitrogen and oxygen atoms in total. The van der Waals surface area contributed by atoms with Crippen LogP contribution in [0.1, 0.15) is 60.3 Å². The zero-order chi connectivity index (χ0) is 18.2. The fraction of sp³-hybridized carbons (Fsp3) is 0.409. The van der Waals surface area contributed by atoms with Gasteiger partial charge in [-0.3, -0.25) is 4.79 Å². The number of aryl methyl sites for hydroxylation is 1. The maximum atomic E-state index is 12.6. The SMILES string of the molecule is CCCc1ccc(C(NC(=O)c2ccc(COC)cc2)C(C)C)cc1. The highest BCUT2D eigenvalue weighted by Crippen LogP contribution is 2.23. The van der Waals surface area contributed by atoms with E-state index in [4.69, 9.17) is 4.74 Å². The highest BCUT2D eigenvalue weighted by Gasteiger charge is 2.19. The summed E-state index contributed by atoms with van der Waals surface area (Å²) in [5.41, 5.74) is 4.23. The molecular weight excluding hydrogens is 310 g/mol. The molecule has 25 heavy (non-hydrogen) atoms. The van der Waals surface area contributed by atoms with Crippen LogP contribution < -0.4 is 5.32 Å². The molecule has 1 unspecified atom stereocenters. The molecule has 1 N–H and O–H groups in total. The third kappa shape index (κ3) is 5.43. The van der Waals surface area contributed by atoms with Crippen LogP contribution in [0.25, 0.3) is 0 Å². The van der Waals surface area contributed by atoms with Crippen molar-refractivity contribution in [3.05, 3.63) is 70.8 Å². The average Bonchev–Trinajstić information content (AvgIpc) is 2.61. The molecule has 0 aliphatic rings. The molecule has 3 heteroatoms. The second-order valence-electron chi connectivity index (χ2n) is 6.82. The lowest BCUT2D eigenvalue weighted by molar-refractivity contribution is 0.0925. The van der Waals surface area contributed by atoms with E-state index in [9.17, 15) is 4.79 Å². The summed E-state index contributed by atoms with van der Waals surface area (Å²) in [6, 6.07) is 16.2. The quantitative estimate of drug-likeness (QED) is 0.742. The number of ether oxygens (including phenoxy) is 1. The molecule has 0 bridgehead atoms. The number of rotatable bonds is 8. The number of benzene rings is 2. The monoisotopic (exact) mass is 339 g/mol. The summed E-state index contributed by atoms with van der Waals surface area (Å²) in [5.74, 6) is 0.272. The summed E-state index contributed by atoms with van der Waals surface area (Å²) >= 11 is 0. The molecule has 1 atom stereocenters. The van der Waals surface area contributed by atoms with Gasteiger partial charge in [0.15, 0.2) is 0 Å². The van der Waals surface area contributed by atoms with Gasteiger partial charge >= 0.3 is 0 Å². The molecule has 1 amide bonds. The van der Waals surface area contributed by atoms with Crippen LogP contribution in [0.15, 0.2) is 48.5 Å². The van der Waals surface area contributed by atoms with E-state index in [-0.39, 0.29) is 11.9 Å². The predicted molar refractivity (Wildman–Crippen MR) is 103 cm³/mol. The number of methoxy groups -OCH3 is 1. The summed E-state index contributed by atoms with van der Waals surface area (Å²) in [6.45, 7) is 7.00. The van der Waals surface area contributed by atoms with E-state index in [1.54, 1.807) is 7.11 Å². The Labute approximate surface area is 151 Å². The highest BCUT2D eigenvalue weighted by molar-refractivity contribution is 5.94.